The van der Waals surface area contributed by atoms with Crippen molar-refractivity contribution in [2.45, 2.75) is 38.1 Å². The van der Waals surface area contributed by atoms with Gasteiger partial charge in [-0.25, -0.2) is 0 Å². The summed E-state index contributed by atoms with van der Waals surface area (Å²) in [4.78, 5) is 11.7. The smallest absolute Gasteiger partial charge is 0.221 e. The van der Waals surface area contributed by atoms with Crippen LogP contribution in [0.1, 0.15) is 43.7 Å². The highest BCUT2D eigenvalue weighted by Crippen LogP contribution is 2.28. The van der Waals surface area contributed by atoms with Gasteiger partial charge in [-0.15, -0.1) is 0 Å². The van der Waals surface area contributed by atoms with Crippen molar-refractivity contribution in [3.63, 3.8) is 0 Å². The molecule has 0 bridgehead atoms. The molecule has 0 heterocycles. The van der Waals surface area contributed by atoms with Gasteiger partial charge in [0.15, 0.2) is 0 Å². The molecular weight excluding hydrogens is 224 g/mol. The summed E-state index contributed by atoms with van der Waals surface area (Å²) in [5.41, 5.74) is 7.02. The van der Waals surface area contributed by atoms with E-state index in [2.05, 4.69) is 5.32 Å². The number of rotatable bonds is 6. The van der Waals surface area contributed by atoms with Gasteiger partial charge in [0.25, 0.3) is 0 Å². The predicted octanol–water partition coefficient (Wildman–Crippen LogP) is 2.38. The van der Waals surface area contributed by atoms with Gasteiger partial charge in [0.2, 0.25) is 5.91 Å². The molecule has 0 aliphatic heterocycles. The van der Waals surface area contributed by atoms with Crippen molar-refractivity contribution in [2.24, 2.45) is 11.7 Å². The summed E-state index contributed by atoms with van der Waals surface area (Å²) in [7, 11) is 0. The molecule has 1 saturated carbocycles. The molecule has 1 aromatic rings. The van der Waals surface area contributed by atoms with E-state index in [0.29, 0.717) is 6.42 Å². The van der Waals surface area contributed by atoms with E-state index in [1.54, 1.807) is 0 Å². The van der Waals surface area contributed by atoms with E-state index in [1.165, 1.54) is 19.3 Å². The fourth-order valence-corrected chi connectivity index (χ4v) is 2.29. The quantitative estimate of drug-likeness (QED) is 0.809. The lowest BCUT2D eigenvalue weighted by Crippen LogP contribution is -2.30. The van der Waals surface area contributed by atoms with E-state index < -0.39 is 0 Å². The summed E-state index contributed by atoms with van der Waals surface area (Å²) in [6.45, 7) is 0.797. The van der Waals surface area contributed by atoms with Gasteiger partial charge in [-0.05, 0) is 17.9 Å². The second kappa shape index (κ2) is 6.55. The molecule has 1 aromatic carbocycles. The standard InChI is InChI=1S/C15H22N2O/c16-14(13-7-2-1-3-8-13)11-15(18)17-10-9-12-5-4-6-12/h1-3,7-8,12,14H,4-6,9-11,16H2,(H,17,18). The van der Waals surface area contributed by atoms with Crippen molar-refractivity contribution in [1.29, 1.82) is 0 Å². The zero-order chi connectivity index (χ0) is 12.8. The minimum atomic E-state index is -0.199. The first-order valence-corrected chi connectivity index (χ1v) is 6.83. The van der Waals surface area contributed by atoms with E-state index >= 15 is 0 Å². The first-order valence-electron chi connectivity index (χ1n) is 6.83. The molecule has 3 N–H and O–H groups in total. The summed E-state index contributed by atoms with van der Waals surface area (Å²) in [5, 5.41) is 2.96. The number of benzene rings is 1. The van der Waals surface area contributed by atoms with Gasteiger partial charge in [-0.1, -0.05) is 49.6 Å². The lowest BCUT2D eigenvalue weighted by atomic mass is 9.83. The predicted molar refractivity (Wildman–Crippen MR) is 73.0 cm³/mol. The first kappa shape index (κ1) is 13.1. The fraction of sp³-hybridized carbons (Fsp3) is 0.533. The Balaban J connectivity index is 1.66. The lowest BCUT2D eigenvalue weighted by molar-refractivity contribution is -0.121. The van der Waals surface area contributed by atoms with Crippen molar-refractivity contribution in [1.82, 2.24) is 5.32 Å². The Morgan fingerprint density at radius 1 is 1.33 bits per heavy atom. The van der Waals surface area contributed by atoms with Gasteiger partial charge in [-0.3, -0.25) is 4.79 Å². The van der Waals surface area contributed by atoms with Crippen molar-refractivity contribution in [3.8, 4) is 0 Å². The highest BCUT2D eigenvalue weighted by atomic mass is 16.1. The molecule has 18 heavy (non-hydrogen) atoms. The fourth-order valence-electron chi connectivity index (χ4n) is 2.29. The number of hydrogen-bond donors (Lipinski definition) is 2. The van der Waals surface area contributed by atoms with E-state index in [0.717, 1.165) is 24.4 Å². The Labute approximate surface area is 109 Å². The molecule has 0 saturated heterocycles. The number of nitrogens with one attached hydrogen (secondary N) is 1. The molecule has 0 spiro atoms. The van der Waals surface area contributed by atoms with Crippen molar-refractivity contribution in [2.75, 3.05) is 6.54 Å². The topological polar surface area (TPSA) is 55.1 Å². The summed E-state index contributed by atoms with van der Waals surface area (Å²) < 4.78 is 0. The zero-order valence-corrected chi connectivity index (χ0v) is 10.8. The van der Waals surface area contributed by atoms with Crippen LogP contribution < -0.4 is 11.1 Å². The maximum Gasteiger partial charge on any atom is 0.221 e. The Bertz CT molecular complexity index is 373. The normalized spacial score (nSPS) is 16.9. The lowest BCUT2D eigenvalue weighted by Gasteiger charge is -2.25. The maximum atomic E-state index is 11.7. The largest absolute Gasteiger partial charge is 0.356 e. The number of nitrogens with two attached hydrogens (primary N) is 1. The highest BCUT2D eigenvalue weighted by Gasteiger charge is 2.17. The van der Waals surface area contributed by atoms with Gasteiger partial charge < -0.3 is 11.1 Å². The van der Waals surface area contributed by atoms with Crippen LogP contribution in [0.5, 0.6) is 0 Å². The van der Waals surface area contributed by atoms with Crippen LogP contribution in [0.3, 0.4) is 0 Å². The van der Waals surface area contributed by atoms with Crippen LogP contribution in [0.2, 0.25) is 0 Å². The first-order chi connectivity index (χ1) is 8.75. The summed E-state index contributed by atoms with van der Waals surface area (Å²) in [6, 6.07) is 9.58. The number of hydrogen-bond acceptors (Lipinski definition) is 2. The van der Waals surface area contributed by atoms with Gasteiger partial charge in [0, 0.05) is 19.0 Å². The average Bonchev–Trinajstić information content (AvgIpc) is 2.33. The number of carbonyl (C=O) groups excluding carboxylic acids is 1. The third-order valence-electron chi connectivity index (χ3n) is 3.73. The van der Waals surface area contributed by atoms with Gasteiger partial charge in [0.1, 0.15) is 0 Å². The van der Waals surface area contributed by atoms with Crippen LogP contribution >= 0.6 is 0 Å². The van der Waals surface area contributed by atoms with Crippen LogP contribution in [-0.4, -0.2) is 12.5 Å². The van der Waals surface area contributed by atoms with Crippen LogP contribution in [0, 0.1) is 5.92 Å². The molecule has 98 valence electrons. The number of amides is 1. The monoisotopic (exact) mass is 246 g/mol. The van der Waals surface area contributed by atoms with Crippen molar-refractivity contribution < 1.29 is 4.79 Å². The Kier molecular flexibility index (Phi) is 4.76. The average molecular weight is 246 g/mol. The van der Waals surface area contributed by atoms with E-state index in [4.69, 9.17) is 5.73 Å². The second-order valence-electron chi connectivity index (χ2n) is 5.16. The van der Waals surface area contributed by atoms with E-state index in [9.17, 15) is 4.79 Å². The molecule has 3 heteroatoms. The van der Waals surface area contributed by atoms with E-state index in [-0.39, 0.29) is 11.9 Å². The van der Waals surface area contributed by atoms with Crippen LogP contribution in [0.25, 0.3) is 0 Å². The summed E-state index contributed by atoms with van der Waals surface area (Å²) in [5.74, 6) is 0.902. The molecule has 1 fully saturated rings. The molecule has 0 aromatic heterocycles. The number of carbonyl (C=O) groups is 1. The molecular formula is C15H22N2O. The van der Waals surface area contributed by atoms with E-state index in [1.807, 2.05) is 30.3 Å². The molecule has 1 atom stereocenters. The van der Waals surface area contributed by atoms with Gasteiger partial charge >= 0.3 is 0 Å². The third kappa shape index (κ3) is 3.84. The van der Waals surface area contributed by atoms with Crippen LogP contribution in [0.15, 0.2) is 30.3 Å². The molecule has 2 rings (SSSR count). The second-order valence-corrected chi connectivity index (χ2v) is 5.16. The third-order valence-corrected chi connectivity index (χ3v) is 3.73. The summed E-state index contributed by atoms with van der Waals surface area (Å²) in [6.07, 6.45) is 5.51. The Morgan fingerprint density at radius 2 is 2.06 bits per heavy atom. The molecule has 0 radical (unpaired) electrons. The molecule has 1 amide bonds. The van der Waals surface area contributed by atoms with Crippen LogP contribution in [-0.2, 0) is 4.79 Å². The van der Waals surface area contributed by atoms with Crippen LogP contribution in [0.4, 0.5) is 0 Å². The minimum absolute atomic E-state index is 0.0608. The SMILES string of the molecule is NC(CC(=O)NCCC1CCC1)c1ccccc1. The molecule has 1 aliphatic carbocycles. The zero-order valence-electron chi connectivity index (χ0n) is 10.8. The molecule has 1 aliphatic rings. The highest BCUT2D eigenvalue weighted by molar-refractivity contribution is 5.76. The van der Waals surface area contributed by atoms with Crippen molar-refractivity contribution >= 4 is 5.91 Å². The summed E-state index contributed by atoms with van der Waals surface area (Å²) >= 11 is 0. The Morgan fingerprint density at radius 3 is 2.67 bits per heavy atom. The molecule has 1 unspecified atom stereocenters. The van der Waals surface area contributed by atoms with Crippen molar-refractivity contribution in [3.05, 3.63) is 35.9 Å². The maximum absolute atomic E-state index is 11.7. The Hall–Kier alpha value is -1.35. The van der Waals surface area contributed by atoms with Gasteiger partial charge in [0.05, 0.1) is 0 Å². The van der Waals surface area contributed by atoms with Gasteiger partial charge in [-0.2, -0.15) is 0 Å². The molecule has 3 nitrogen and oxygen atoms in total. The minimum Gasteiger partial charge on any atom is -0.356 e.